The van der Waals surface area contributed by atoms with Gasteiger partial charge in [0.05, 0.1) is 22.0 Å². The Morgan fingerprint density at radius 2 is 1.86 bits per heavy atom. The number of carbonyl (C=O) groups excluding carboxylic acids is 1. The zero-order chi connectivity index (χ0) is 26.6. The number of sulfone groups is 1. The maximum atomic E-state index is 13.1. The van der Waals surface area contributed by atoms with Crippen LogP contribution in [0.15, 0.2) is 74.9 Å². The van der Waals surface area contributed by atoms with E-state index in [1.807, 2.05) is 6.07 Å². The fourth-order valence-corrected chi connectivity index (χ4v) is 4.50. The molecule has 1 N–H and O–H groups in total. The Morgan fingerprint density at radius 3 is 2.57 bits per heavy atom. The van der Waals surface area contributed by atoms with Gasteiger partial charge in [-0.3, -0.25) is 9.59 Å². The highest BCUT2D eigenvalue weighted by Gasteiger charge is 2.22. The Morgan fingerprint density at radius 1 is 1.11 bits per heavy atom. The molecule has 0 aliphatic heterocycles. The number of benzene rings is 2. The number of ether oxygens (including phenoxy) is 2. The molecule has 1 unspecified atom stereocenters. The average Bonchev–Trinajstić information content (AvgIpc) is 3.27. The SMILES string of the molecule is CCC(Oc1ccccc1)C(=O)Nc1cc(S(=O)(=O)CC)ccc1OCc1cc(=O)n2oc(C)cc2n1. The molecule has 4 rings (SSSR count). The summed E-state index contributed by atoms with van der Waals surface area (Å²) in [5.41, 5.74) is 0.433. The van der Waals surface area contributed by atoms with Crippen molar-refractivity contribution in [2.45, 2.75) is 44.8 Å². The number of para-hydroxylation sites is 1. The lowest BCUT2D eigenvalue weighted by Crippen LogP contribution is -2.32. The maximum absolute atomic E-state index is 13.1. The fraction of sp³-hybridized carbons (Fsp3) is 0.269. The smallest absolute Gasteiger partial charge is 0.287 e. The van der Waals surface area contributed by atoms with E-state index in [9.17, 15) is 18.0 Å². The van der Waals surface area contributed by atoms with E-state index in [0.29, 0.717) is 29.3 Å². The van der Waals surface area contributed by atoms with E-state index in [-0.39, 0.29) is 28.7 Å². The maximum Gasteiger partial charge on any atom is 0.287 e. The molecule has 194 valence electrons. The number of rotatable bonds is 10. The quantitative estimate of drug-likeness (QED) is 0.331. The molecule has 0 spiro atoms. The van der Waals surface area contributed by atoms with Crippen molar-refractivity contribution in [2.24, 2.45) is 0 Å². The molecule has 10 nitrogen and oxygen atoms in total. The zero-order valence-corrected chi connectivity index (χ0v) is 21.4. The van der Waals surface area contributed by atoms with E-state index in [0.717, 1.165) is 4.57 Å². The normalized spacial score (nSPS) is 12.3. The second-order valence-corrected chi connectivity index (χ2v) is 10.5. The topological polar surface area (TPSA) is 129 Å². The summed E-state index contributed by atoms with van der Waals surface area (Å²) in [5, 5.41) is 2.74. The molecule has 0 saturated heterocycles. The molecule has 0 saturated carbocycles. The van der Waals surface area contributed by atoms with Crippen LogP contribution in [0.4, 0.5) is 5.69 Å². The van der Waals surface area contributed by atoms with Gasteiger partial charge in [-0.1, -0.05) is 32.0 Å². The molecule has 4 aromatic rings. The third kappa shape index (κ3) is 6.00. The van der Waals surface area contributed by atoms with Gasteiger partial charge in [-0.15, -0.1) is 4.57 Å². The molecule has 1 amide bonds. The van der Waals surface area contributed by atoms with Crippen LogP contribution in [-0.4, -0.2) is 35.7 Å². The number of nitrogens with one attached hydrogen (secondary N) is 1. The number of hydrogen-bond acceptors (Lipinski definition) is 8. The van der Waals surface area contributed by atoms with Crippen LogP contribution in [0.1, 0.15) is 31.7 Å². The fourth-order valence-electron chi connectivity index (χ4n) is 3.59. The second kappa shape index (κ2) is 10.9. The molecule has 2 heterocycles. The lowest BCUT2D eigenvalue weighted by molar-refractivity contribution is -0.122. The van der Waals surface area contributed by atoms with Crippen LogP contribution in [0.5, 0.6) is 11.5 Å². The summed E-state index contributed by atoms with van der Waals surface area (Å²) < 4.78 is 43.0. The number of hydrogen-bond donors (Lipinski definition) is 1. The molecule has 0 aliphatic carbocycles. The lowest BCUT2D eigenvalue weighted by atomic mass is 10.2. The summed E-state index contributed by atoms with van der Waals surface area (Å²) in [6, 6.07) is 16.1. The molecule has 37 heavy (non-hydrogen) atoms. The Balaban J connectivity index is 1.60. The van der Waals surface area contributed by atoms with Crippen molar-refractivity contribution in [3.8, 4) is 11.5 Å². The van der Waals surface area contributed by atoms with Crippen LogP contribution >= 0.6 is 0 Å². The van der Waals surface area contributed by atoms with Gasteiger partial charge in [0.15, 0.2) is 21.6 Å². The third-order valence-corrected chi connectivity index (χ3v) is 7.26. The number of carbonyl (C=O) groups is 1. The zero-order valence-electron chi connectivity index (χ0n) is 20.6. The van der Waals surface area contributed by atoms with Crippen LogP contribution in [0.25, 0.3) is 5.65 Å². The van der Waals surface area contributed by atoms with Crippen molar-refractivity contribution in [2.75, 3.05) is 11.1 Å². The van der Waals surface area contributed by atoms with Gasteiger partial charge in [0.1, 0.15) is 23.9 Å². The molecule has 0 radical (unpaired) electrons. The summed E-state index contributed by atoms with van der Waals surface area (Å²) in [4.78, 5) is 29.8. The second-order valence-electron chi connectivity index (χ2n) is 8.25. The number of nitrogens with zero attached hydrogens (tertiary/aromatic N) is 2. The monoisotopic (exact) mass is 525 g/mol. The van der Waals surface area contributed by atoms with Crippen molar-refractivity contribution >= 4 is 27.1 Å². The van der Waals surface area contributed by atoms with Gasteiger partial charge in [-0.05, 0) is 43.7 Å². The molecular weight excluding hydrogens is 498 g/mol. The minimum Gasteiger partial charge on any atom is -0.485 e. The predicted molar refractivity (Wildman–Crippen MR) is 137 cm³/mol. The first-order valence-corrected chi connectivity index (χ1v) is 13.4. The van der Waals surface area contributed by atoms with E-state index in [4.69, 9.17) is 14.0 Å². The Kier molecular flexibility index (Phi) is 7.63. The molecule has 0 fully saturated rings. The average molecular weight is 526 g/mol. The minimum absolute atomic E-state index is 0.0429. The van der Waals surface area contributed by atoms with E-state index < -0.39 is 27.4 Å². The molecule has 0 bridgehead atoms. The van der Waals surface area contributed by atoms with Crippen molar-refractivity contribution in [1.82, 2.24) is 9.56 Å². The van der Waals surface area contributed by atoms with Crippen LogP contribution < -0.4 is 20.3 Å². The van der Waals surface area contributed by atoms with E-state index in [1.165, 1.54) is 31.2 Å². The Labute approximate surface area is 213 Å². The van der Waals surface area contributed by atoms with Crippen molar-refractivity contribution in [3.63, 3.8) is 0 Å². The first-order chi connectivity index (χ1) is 17.7. The van der Waals surface area contributed by atoms with Crippen molar-refractivity contribution < 1.29 is 27.2 Å². The van der Waals surface area contributed by atoms with Crippen LogP contribution in [0, 0.1) is 6.92 Å². The number of fused-ring (bicyclic) bond motifs is 1. The predicted octanol–water partition coefficient (Wildman–Crippen LogP) is 3.76. The van der Waals surface area contributed by atoms with Crippen LogP contribution in [-0.2, 0) is 21.2 Å². The Bertz CT molecular complexity index is 1580. The number of aromatic nitrogens is 2. The molecule has 11 heteroatoms. The summed E-state index contributed by atoms with van der Waals surface area (Å²) in [5.74, 6) is 0.708. The van der Waals surface area contributed by atoms with Crippen molar-refractivity contribution in [1.29, 1.82) is 0 Å². The van der Waals surface area contributed by atoms with E-state index in [1.54, 1.807) is 44.2 Å². The molecular formula is C26H27N3O7S. The van der Waals surface area contributed by atoms with Gasteiger partial charge < -0.3 is 19.3 Å². The van der Waals surface area contributed by atoms with Crippen molar-refractivity contribution in [3.05, 3.63) is 82.5 Å². The summed E-state index contributed by atoms with van der Waals surface area (Å²) in [6.45, 7) is 4.95. The lowest BCUT2D eigenvalue weighted by Gasteiger charge is -2.19. The molecule has 2 aromatic heterocycles. The number of aryl methyl sites for hydroxylation is 1. The standard InChI is InChI=1S/C26H27N3O7S/c1-4-22(35-19-9-7-6-8-10-19)26(31)28-21-15-20(37(32,33)5-2)11-12-23(21)34-16-18-14-25(30)29-24(27-18)13-17(3)36-29/h6-15,22H,4-5,16H2,1-3H3,(H,28,31). The van der Waals surface area contributed by atoms with Gasteiger partial charge in [0.2, 0.25) is 0 Å². The van der Waals surface area contributed by atoms with Gasteiger partial charge in [-0.25, -0.2) is 13.4 Å². The first-order valence-electron chi connectivity index (χ1n) is 11.7. The van der Waals surface area contributed by atoms with Crippen LogP contribution in [0.2, 0.25) is 0 Å². The highest BCUT2D eigenvalue weighted by Crippen LogP contribution is 2.30. The molecule has 0 aliphatic rings. The van der Waals surface area contributed by atoms with Gasteiger partial charge >= 0.3 is 0 Å². The van der Waals surface area contributed by atoms with E-state index >= 15 is 0 Å². The minimum atomic E-state index is -3.55. The third-order valence-electron chi connectivity index (χ3n) is 5.53. The Hall–Kier alpha value is -4.12. The van der Waals surface area contributed by atoms with Gasteiger partial charge in [0.25, 0.3) is 11.5 Å². The summed E-state index contributed by atoms with van der Waals surface area (Å²) in [7, 11) is -3.55. The molecule has 1 atom stereocenters. The summed E-state index contributed by atoms with van der Waals surface area (Å²) in [6.07, 6.45) is -0.447. The van der Waals surface area contributed by atoms with E-state index in [2.05, 4.69) is 10.3 Å². The highest BCUT2D eigenvalue weighted by atomic mass is 32.2. The summed E-state index contributed by atoms with van der Waals surface area (Å²) >= 11 is 0. The highest BCUT2D eigenvalue weighted by molar-refractivity contribution is 7.91. The first kappa shape index (κ1) is 26.0. The number of amides is 1. The molecule has 2 aromatic carbocycles. The largest absolute Gasteiger partial charge is 0.485 e. The van der Waals surface area contributed by atoms with Crippen LogP contribution in [0.3, 0.4) is 0 Å². The van der Waals surface area contributed by atoms with Gasteiger partial charge in [0, 0.05) is 12.1 Å². The number of anilines is 1. The van der Waals surface area contributed by atoms with Gasteiger partial charge in [-0.2, -0.15) is 0 Å².